The van der Waals surface area contributed by atoms with Gasteiger partial charge >= 0.3 is 6.18 Å². The van der Waals surface area contributed by atoms with Crippen LogP contribution >= 0.6 is 0 Å². The number of halogens is 3. The summed E-state index contributed by atoms with van der Waals surface area (Å²) in [5, 5.41) is 6.36. The fourth-order valence-corrected chi connectivity index (χ4v) is 3.28. The molecule has 0 unspecified atom stereocenters. The Balaban J connectivity index is 1.42. The maximum absolute atomic E-state index is 12.6. The lowest BCUT2D eigenvalue weighted by molar-refractivity contribution is -0.137. The van der Waals surface area contributed by atoms with Crippen LogP contribution in [0.25, 0.3) is 10.8 Å². The first-order valence-corrected chi connectivity index (χ1v) is 10.6. The van der Waals surface area contributed by atoms with Gasteiger partial charge in [-0.15, -0.1) is 0 Å². The van der Waals surface area contributed by atoms with E-state index in [4.69, 9.17) is 9.47 Å². The maximum atomic E-state index is 12.6. The highest BCUT2D eigenvalue weighted by molar-refractivity contribution is 5.83. The molecule has 34 heavy (non-hydrogen) atoms. The number of rotatable bonds is 8. The molecular formula is C26H22F3N3O2. The highest BCUT2D eigenvalue weighted by Crippen LogP contribution is 2.30. The number of fused-ring (bicyclic) bond motifs is 1. The summed E-state index contributed by atoms with van der Waals surface area (Å²) in [6.45, 7) is 2.73. The Morgan fingerprint density at radius 1 is 0.912 bits per heavy atom. The molecule has 0 aliphatic heterocycles. The van der Waals surface area contributed by atoms with Crippen molar-refractivity contribution in [2.75, 3.05) is 12.0 Å². The van der Waals surface area contributed by atoms with Crippen LogP contribution in [0.5, 0.6) is 11.5 Å². The maximum Gasteiger partial charge on any atom is 0.417 e. The summed E-state index contributed by atoms with van der Waals surface area (Å²) in [6, 6.07) is 21.9. The van der Waals surface area contributed by atoms with Crippen molar-refractivity contribution in [2.24, 2.45) is 5.10 Å². The third-order valence-electron chi connectivity index (χ3n) is 4.96. The van der Waals surface area contributed by atoms with Crippen LogP contribution in [0.4, 0.5) is 19.0 Å². The van der Waals surface area contributed by atoms with Gasteiger partial charge in [0.15, 0.2) is 11.5 Å². The number of ether oxygens (including phenoxy) is 2. The lowest BCUT2D eigenvalue weighted by Gasteiger charge is -2.13. The van der Waals surface area contributed by atoms with Gasteiger partial charge in [0.1, 0.15) is 12.4 Å². The van der Waals surface area contributed by atoms with Crippen LogP contribution in [-0.2, 0) is 12.8 Å². The van der Waals surface area contributed by atoms with Crippen molar-refractivity contribution >= 4 is 22.8 Å². The molecule has 174 valence electrons. The molecule has 0 bridgehead atoms. The van der Waals surface area contributed by atoms with Crippen molar-refractivity contribution in [3.8, 4) is 11.5 Å². The van der Waals surface area contributed by atoms with Crippen LogP contribution < -0.4 is 14.9 Å². The first-order valence-electron chi connectivity index (χ1n) is 10.6. The average molecular weight is 465 g/mol. The van der Waals surface area contributed by atoms with Crippen LogP contribution in [0.1, 0.15) is 23.6 Å². The second-order valence-electron chi connectivity index (χ2n) is 7.41. The van der Waals surface area contributed by atoms with Gasteiger partial charge in [-0.2, -0.15) is 18.3 Å². The second-order valence-corrected chi connectivity index (χ2v) is 7.41. The summed E-state index contributed by atoms with van der Waals surface area (Å²) in [7, 11) is 0. The smallest absolute Gasteiger partial charge is 0.417 e. The Labute approximate surface area is 194 Å². The minimum absolute atomic E-state index is 0.199. The molecule has 3 aromatic carbocycles. The minimum atomic E-state index is -4.43. The van der Waals surface area contributed by atoms with Gasteiger partial charge in [-0.05, 0) is 65.2 Å². The monoisotopic (exact) mass is 465 g/mol. The van der Waals surface area contributed by atoms with Crippen molar-refractivity contribution in [3.05, 3.63) is 95.7 Å². The highest BCUT2D eigenvalue weighted by atomic mass is 19.4. The predicted octanol–water partition coefficient (Wildman–Crippen LogP) is 6.68. The van der Waals surface area contributed by atoms with E-state index < -0.39 is 11.7 Å². The molecule has 0 amide bonds. The van der Waals surface area contributed by atoms with E-state index in [1.165, 1.54) is 17.7 Å². The molecule has 1 heterocycles. The highest BCUT2D eigenvalue weighted by Gasteiger charge is 2.30. The molecule has 0 saturated heterocycles. The van der Waals surface area contributed by atoms with Crippen molar-refractivity contribution in [1.82, 2.24) is 4.98 Å². The molecule has 0 aliphatic carbocycles. The summed E-state index contributed by atoms with van der Waals surface area (Å²) in [5.41, 5.74) is 3.57. The first-order chi connectivity index (χ1) is 16.4. The Morgan fingerprint density at radius 3 is 2.47 bits per heavy atom. The van der Waals surface area contributed by atoms with E-state index in [0.29, 0.717) is 24.7 Å². The predicted molar refractivity (Wildman–Crippen MR) is 126 cm³/mol. The number of anilines is 1. The molecule has 0 atom stereocenters. The summed E-state index contributed by atoms with van der Waals surface area (Å²) >= 11 is 0. The van der Waals surface area contributed by atoms with E-state index in [1.807, 2.05) is 31.2 Å². The topological polar surface area (TPSA) is 55.7 Å². The zero-order valence-corrected chi connectivity index (χ0v) is 18.3. The SMILES string of the molecule is CCOc1cc(/C=N\Nc2ccc(C(F)(F)F)cn2)ccc1OCc1ccc2ccccc2c1. The van der Waals surface area contributed by atoms with Gasteiger partial charge in [0.2, 0.25) is 0 Å². The van der Waals surface area contributed by atoms with Crippen LogP contribution in [0, 0.1) is 0 Å². The van der Waals surface area contributed by atoms with E-state index in [2.05, 4.69) is 39.8 Å². The van der Waals surface area contributed by atoms with Gasteiger partial charge in [-0.25, -0.2) is 4.98 Å². The van der Waals surface area contributed by atoms with Gasteiger partial charge in [-0.3, -0.25) is 5.43 Å². The first kappa shape index (κ1) is 23.1. The summed E-state index contributed by atoms with van der Waals surface area (Å²) in [6.07, 6.45) is -2.15. The molecule has 0 radical (unpaired) electrons. The van der Waals surface area contributed by atoms with Crippen LogP contribution in [0.2, 0.25) is 0 Å². The largest absolute Gasteiger partial charge is 0.490 e. The number of nitrogens with one attached hydrogen (secondary N) is 1. The molecule has 0 saturated carbocycles. The number of nitrogens with zero attached hydrogens (tertiary/aromatic N) is 2. The number of hydrogen-bond acceptors (Lipinski definition) is 5. The van der Waals surface area contributed by atoms with Crippen molar-refractivity contribution < 1.29 is 22.6 Å². The zero-order valence-electron chi connectivity index (χ0n) is 18.3. The van der Waals surface area contributed by atoms with E-state index in [9.17, 15) is 13.2 Å². The van der Waals surface area contributed by atoms with Gasteiger partial charge in [0.25, 0.3) is 0 Å². The fraction of sp³-hybridized carbons (Fsp3) is 0.154. The number of alkyl halides is 3. The third kappa shape index (κ3) is 5.83. The van der Waals surface area contributed by atoms with Crippen LogP contribution in [0.15, 0.2) is 84.1 Å². The van der Waals surface area contributed by atoms with Gasteiger partial charge in [0.05, 0.1) is 18.4 Å². The van der Waals surface area contributed by atoms with E-state index >= 15 is 0 Å². The molecule has 0 aliphatic rings. The summed E-state index contributed by atoms with van der Waals surface area (Å²) in [5.74, 6) is 1.37. The molecule has 0 fully saturated rings. The summed E-state index contributed by atoms with van der Waals surface area (Å²) in [4.78, 5) is 3.72. The Kier molecular flexibility index (Phi) is 6.96. The molecule has 4 aromatic rings. The molecule has 1 aromatic heterocycles. The Morgan fingerprint density at radius 2 is 1.74 bits per heavy atom. The molecule has 1 N–H and O–H groups in total. The number of hydrazone groups is 1. The lowest BCUT2D eigenvalue weighted by atomic mass is 10.1. The molecule has 8 heteroatoms. The van der Waals surface area contributed by atoms with Crippen molar-refractivity contribution in [3.63, 3.8) is 0 Å². The van der Waals surface area contributed by atoms with Gasteiger partial charge in [0, 0.05) is 6.20 Å². The van der Waals surface area contributed by atoms with Crippen molar-refractivity contribution in [2.45, 2.75) is 19.7 Å². The van der Waals surface area contributed by atoms with Gasteiger partial charge in [-0.1, -0.05) is 36.4 Å². The quantitative estimate of drug-likeness (QED) is 0.233. The van der Waals surface area contributed by atoms with Crippen LogP contribution in [-0.4, -0.2) is 17.8 Å². The summed E-state index contributed by atoms with van der Waals surface area (Å²) < 4.78 is 49.6. The normalized spacial score (nSPS) is 11.6. The van der Waals surface area contributed by atoms with Crippen LogP contribution in [0.3, 0.4) is 0 Å². The Hall–Kier alpha value is -4.07. The molecule has 0 spiro atoms. The standard InChI is InChI=1S/C26H22F3N3O2/c1-2-33-24-14-18(15-31-32-25-12-10-22(16-30-25)26(27,28)29)8-11-23(24)34-17-19-7-9-20-5-3-4-6-21(20)13-19/h3-16H,2,17H2,1H3,(H,30,32)/b31-15-. The number of aromatic nitrogens is 1. The minimum Gasteiger partial charge on any atom is -0.490 e. The third-order valence-corrected chi connectivity index (χ3v) is 4.96. The lowest BCUT2D eigenvalue weighted by Crippen LogP contribution is -2.05. The van der Waals surface area contributed by atoms with Gasteiger partial charge < -0.3 is 9.47 Å². The molecule has 4 rings (SSSR count). The molecule has 5 nitrogen and oxygen atoms in total. The van der Waals surface area contributed by atoms with Crippen molar-refractivity contribution in [1.29, 1.82) is 0 Å². The van der Waals surface area contributed by atoms with E-state index in [1.54, 1.807) is 12.1 Å². The fourth-order valence-electron chi connectivity index (χ4n) is 3.28. The molecular weight excluding hydrogens is 443 g/mol. The zero-order chi connectivity index (χ0) is 24.0. The van der Waals surface area contributed by atoms with E-state index in [-0.39, 0.29) is 5.82 Å². The average Bonchev–Trinajstić information content (AvgIpc) is 2.83. The number of hydrogen-bond donors (Lipinski definition) is 1. The Bertz CT molecular complexity index is 1290. The number of pyridine rings is 1. The number of benzene rings is 3. The second kappa shape index (κ2) is 10.2. The van der Waals surface area contributed by atoms with E-state index in [0.717, 1.165) is 28.8 Å².